The van der Waals surface area contributed by atoms with Gasteiger partial charge in [0.05, 0.1) is 12.3 Å². The zero-order valence-corrected chi connectivity index (χ0v) is 9.73. The lowest BCUT2D eigenvalue weighted by Crippen LogP contribution is -2.25. The highest BCUT2D eigenvalue weighted by atomic mass is 16.3. The number of amides is 1. The monoisotopic (exact) mass is 226 g/mol. The molecular formula is C10H18N4O2. The second-order valence-corrected chi connectivity index (χ2v) is 3.58. The van der Waals surface area contributed by atoms with Gasteiger partial charge in [-0.15, -0.1) is 5.10 Å². The zero-order chi connectivity index (χ0) is 12.0. The van der Waals surface area contributed by atoms with Crippen molar-refractivity contribution in [3.05, 3.63) is 11.4 Å². The summed E-state index contributed by atoms with van der Waals surface area (Å²) in [5.74, 6) is -0.118. The highest BCUT2D eigenvalue weighted by Gasteiger charge is 2.13. The molecule has 90 valence electrons. The van der Waals surface area contributed by atoms with Gasteiger partial charge in [0.25, 0.3) is 0 Å². The summed E-state index contributed by atoms with van der Waals surface area (Å²) >= 11 is 0. The van der Waals surface area contributed by atoms with E-state index in [4.69, 9.17) is 5.11 Å². The molecule has 6 heteroatoms. The molecule has 0 aliphatic rings. The Balaban J connectivity index is 2.81. The number of aliphatic hydroxyl groups excluding tert-OH is 1. The van der Waals surface area contributed by atoms with E-state index in [1.165, 1.54) is 0 Å². The third-order valence-electron chi connectivity index (χ3n) is 2.41. The highest BCUT2D eigenvalue weighted by molar-refractivity contribution is 5.75. The van der Waals surface area contributed by atoms with Crippen LogP contribution >= 0.6 is 0 Å². The normalized spacial score (nSPS) is 10.4. The van der Waals surface area contributed by atoms with Gasteiger partial charge in [0.1, 0.15) is 12.2 Å². The molecule has 16 heavy (non-hydrogen) atoms. The van der Waals surface area contributed by atoms with Crippen LogP contribution in [0.1, 0.15) is 31.2 Å². The Bertz CT molecular complexity index is 349. The second kappa shape index (κ2) is 6.22. The Morgan fingerprint density at radius 2 is 2.31 bits per heavy atom. The Morgan fingerprint density at radius 3 is 2.88 bits per heavy atom. The van der Waals surface area contributed by atoms with Crippen molar-refractivity contribution in [2.45, 2.75) is 39.3 Å². The number of aliphatic hydroxyl groups is 1. The van der Waals surface area contributed by atoms with Crippen LogP contribution in [0.5, 0.6) is 0 Å². The van der Waals surface area contributed by atoms with Gasteiger partial charge in [-0.25, -0.2) is 4.68 Å². The lowest BCUT2D eigenvalue weighted by Gasteiger charge is -2.05. The maximum Gasteiger partial charge on any atom is 0.241 e. The number of unbranched alkanes of at least 4 members (excludes halogenated alkanes) is 1. The number of likely N-dealkylation sites (N-methyl/N-ethyl adjacent to an activating group) is 1. The maximum absolute atomic E-state index is 11.2. The minimum Gasteiger partial charge on any atom is -0.390 e. The SMILES string of the molecule is CCCCc1c(CO)nnn1CC(=O)NC. The van der Waals surface area contributed by atoms with Crippen molar-refractivity contribution in [2.24, 2.45) is 0 Å². The van der Waals surface area contributed by atoms with E-state index in [2.05, 4.69) is 22.6 Å². The quantitative estimate of drug-likeness (QED) is 0.707. The molecule has 0 aliphatic carbocycles. The minimum atomic E-state index is -0.132. The number of rotatable bonds is 6. The van der Waals surface area contributed by atoms with Crippen molar-refractivity contribution in [3.8, 4) is 0 Å². The molecule has 1 heterocycles. The summed E-state index contributed by atoms with van der Waals surface area (Å²) in [7, 11) is 1.58. The van der Waals surface area contributed by atoms with Crippen LogP contribution in [0.25, 0.3) is 0 Å². The fourth-order valence-corrected chi connectivity index (χ4v) is 1.45. The van der Waals surface area contributed by atoms with Crippen molar-refractivity contribution in [2.75, 3.05) is 7.05 Å². The lowest BCUT2D eigenvalue weighted by molar-refractivity contribution is -0.121. The summed E-state index contributed by atoms with van der Waals surface area (Å²) in [5, 5.41) is 19.4. The van der Waals surface area contributed by atoms with Gasteiger partial charge in [0, 0.05) is 7.05 Å². The molecule has 1 amide bonds. The fraction of sp³-hybridized carbons (Fsp3) is 0.700. The number of carbonyl (C=O) groups is 1. The summed E-state index contributed by atoms with van der Waals surface area (Å²) in [6.07, 6.45) is 2.83. The number of carbonyl (C=O) groups excluding carboxylic acids is 1. The third-order valence-corrected chi connectivity index (χ3v) is 2.41. The molecular weight excluding hydrogens is 208 g/mol. The van der Waals surface area contributed by atoms with Gasteiger partial charge in [0.2, 0.25) is 5.91 Å². The van der Waals surface area contributed by atoms with E-state index in [1.54, 1.807) is 11.7 Å². The molecule has 0 atom stereocenters. The number of aromatic nitrogens is 3. The van der Waals surface area contributed by atoms with Gasteiger partial charge >= 0.3 is 0 Å². The van der Waals surface area contributed by atoms with Crippen molar-refractivity contribution in [1.82, 2.24) is 20.3 Å². The average molecular weight is 226 g/mol. The molecule has 0 aliphatic heterocycles. The first-order chi connectivity index (χ1) is 7.72. The molecule has 0 unspecified atom stereocenters. The summed E-state index contributed by atoms with van der Waals surface area (Å²) in [6, 6.07) is 0. The van der Waals surface area contributed by atoms with E-state index in [0.29, 0.717) is 5.69 Å². The highest BCUT2D eigenvalue weighted by Crippen LogP contribution is 2.09. The summed E-state index contributed by atoms with van der Waals surface area (Å²) < 4.78 is 1.56. The van der Waals surface area contributed by atoms with Crippen LogP contribution in [0, 0.1) is 0 Å². The van der Waals surface area contributed by atoms with Crippen LogP contribution in [0.15, 0.2) is 0 Å². The molecule has 0 fully saturated rings. The standard InChI is InChI=1S/C10H18N4O2/c1-3-4-5-9-8(7-15)12-13-14(9)6-10(16)11-2/h15H,3-7H2,1-2H3,(H,11,16). The average Bonchev–Trinajstić information content (AvgIpc) is 2.68. The zero-order valence-electron chi connectivity index (χ0n) is 9.73. The molecule has 6 nitrogen and oxygen atoms in total. The molecule has 0 aromatic carbocycles. The molecule has 2 N–H and O–H groups in total. The Hall–Kier alpha value is -1.43. The topological polar surface area (TPSA) is 80.0 Å². The van der Waals surface area contributed by atoms with Gasteiger partial charge in [0.15, 0.2) is 0 Å². The maximum atomic E-state index is 11.2. The van der Waals surface area contributed by atoms with E-state index >= 15 is 0 Å². The molecule has 0 saturated carbocycles. The first-order valence-electron chi connectivity index (χ1n) is 5.45. The van der Waals surface area contributed by atoms with Gasteiger partial charge in [-0.1, -0.05) is 18.6 Å². The lowest BCUT2D eigenvalue weighted by atomic mass is 10.1. The van der Waals surface area contributed by atoms with Crippen LogP contribution in [-0.4, -0.2) is 33.1 Å². The van der Waals surface area contributed by atoms with Gasteiger partial charge in [-0.3, -0.25) is 4.79 Å². The molecule has 0 saturated heterocycles. The number of nitrogens with one attached hydrogen (secondary N) is 1. The van der Waals surface area contributed by atoms with Crippen molar-refractivity contribution in [3.63, 3.8) is 0 Å². The summed E-state index contributed by atoms with van der Waals surface area (Å²) in [4.78, 5) is 11.2. The molecule has 1 aromatic rings. The minimum absolute atomic E-state index is 0.118. The van der Waals surface area contributed by atoms with Crippen molar-refractivity contribution >= 4 is 5.91 Å². The number of hydrogen-bond donors (Lipinski definition) is 2. The predicted octanol–water partition coefficient (Wildman–Crippen LogP) is -0.141. The molecule has 1 aromatic heterocycles. The fourth-order valence-electron chi connectivity index (χ4n) is 1.45. The van der Waals surface area contributed by atoms with Crippen LogP contribution in [0.3, 0.4) is 0 Å². The van der Waals surface area contributed by atoms with Crippen LogP contribution in [0.2, 0.25) is 0 Å². The first-order valence-corrected chi connectivity index (χ1v) is 5.45. The molecule has 0 spiro atoms. The number of nitrogens with zero attached hydrogens (tertiary/aromatic N) is 3. The van der Waals surface area contributed by atoms with E-state index in [0.717, 1.165) is 25.0 Å². The first kappa shape index (κ1) is 12.6. The summed E-state index contributed by atoms with van der Waals surface area (Å²) in [5.41, 5.74) is 1.42. The van der Waals surface area contributed by atoms with Crippen molar-refractivity contribution < 1.29 is 9.90 Å². The van der Waals surface area contributed by atoms with Gasteiger partial charge in [-0.05, 0) is 12.8 Å². The second-order valence-electron chi connectivity index (χ2n) is 3.58. The van der Waals surface area contributed by atoms with Crippen LogP contribution < -0.4 is 5.32 Å². The van der Waals surface area contributed by atoms with Gasteiger partial charge < -0.3 is 10.4 Å². The Labute approximate surface area is 94.7 Å². The summed E-state index contributed by atoms with van der Waals surface area (Å²) in [6.45, 7) is 2.11. The van der Waals surface area contributed by atoms with E-state index in [1.807, 2.05) is 0 Å². The van der Waals surface area contributed by atoms with E-state index < -0.39 is 0 Å². The van der Waals surface area contributed by atoms with Crippen molar-refractivity contribution in [1.29, 1.82) is 0 Å². The largest absolute Gasteiger partial charge is 0.390 e. The smallest absolute Gasteiger partial charge is 0.241 e. The van der Waals surface area contributed by atoms with E-state index in [9.17, 15) is 4.79 Å². The number of hydrogen-bond acceptors (Lipinski definition) is 4. The Kier molecular flexibility index (Phi) is 4.91. The van der Waals surface area contributed by atoms with Crippen LogP contribution in [0.4, 0.5) is 0 Å². The molecule has 0 radical (unpaired) electrons. The molecule has 0 bridgehead atoms. The third kappa shape index (κ3) is 3.03. The van der Waals surface area contributed by atoms with Gasteiger partial charge in [-0.2, -0.15) is 0 Å². The van der Waals surface area contributed by atoms with Crippen LogP contribution in [-0.2, 0) is 24.4 Å². The van der Waals surface area contributed by atoms with E-state index in [-0.39, 0.29) is 19.1 Å². The Morgan fingerprint density at radius 1 is 1.56 bits per heavy atom. The molecule has 1 rings (SSSR count). The predicted molar refractivity (Wildman–Crippen MR) is 58.6 cm³/mol.